The van der Waals surface area contributed by atoms with Gasteiger partial charge in [0.1, 0.15) is 5.82 Å². The van der Waals surface area contributed by atoms with Crippen LogP contribution in [0.5, 0.6) is 0 Å². The summed E-state index contributed by atoms with van der Waals surface area (Å²) in [6, 6.07) is 7.28. The lowest BCUT2D eigenvalue weighted by Gasteiger charge is -2.24. The number of rotatable bonds is 6. The van der Waals surface area contributed by atoms with Crippen molar-refractivity contribution in [1.82, 2.24) is 5.32 Å². The van der Waals surface area contributed by atoms with E-state index in [4.69, 9.17) is 4.74 Å². The molecule has 0 spiro atoms. The van der Waals surface area contributed by atoms with Crippen LogP contribution in [0.2, 0.25) is 0 Å². The minimum Gasteiger partial charge on any atom is -0.381 e. The van der Waals surface area contributed by atoms with Crippen molar-refractivity contribution in [2.45, 2.75) is 32.2 Å². The lowest BCUT2D eigenvalue weighted by atomic mass is 9.92. The van der Waals surface area contributed by atoms with Gasteiger partial charge in [0.25, 0.3) is 0 Å². The first-order valence-electron chi connectivity index (χ1n) is 6.85. The molecule has 18 heavy (non-hydrogen) atoms. The molecule has 2 unspecified atom stereocenters. The Morgan fingerprint density at radius 1 is 1.39 bits per heavy atom. The third kappa shape index (κ3) is 3.79. The highest BCUT2D eigenvalue weighted by Crippen LogP contribution is 2.20. The normalized spacial score (nSPS) is 21.1. The quantitative estimate of drug-likeness (QED) is 0.839. The van der Waals surface area contributed by atoms with Gasteiger partial charge < -0.3 is 10.1 Å². The van der Waals surface area contributed by atoms with Gasteiger partial charge in [-0.1, -0.05) is 19.1 Å². The summed E-state index contributed by atoms with van der Waals surface area (Å²) < 4.78 is 18.4. The minimum atomic E-state index is -0.166. The van der Waals surface area contributed by atoms with Crippen LogP contribution in [0.4, 0.5) is 4.39 Å². The van der Waals surface area contributed by atoms with Crippen molar-refractivity contribution >= 4 is 0 Å². The fourth-order valence-electron chi connectivity index (χ4n) is 2.48. The van der Waals surface area contributed by atoms with E-state index in [-0.39, 0.29) is 5.82 Å². The van der Waals surface area contributed by atoms with Crippen LogP contribution >= 0.6 is 0 Å². The van der Waals surface area contributed by atoms with Crippen LogP contribution in [0, 0.1) is 11.7 Å². The van der Waals surface area contributed by atoms with Crippen LogP contribution in [-0.4, -0.2) is 25.8 Å². The SMILES string of the molecule is CCCNC(Cc1ccc(F)cc1)C1CCOC1. The molecule has 0 saturated carbocycles. The van der Waals surface area contributed by atoms with Gasteiger partial charge in [0.15, 0.2) is 0 Å². The number of hydrogen-bond donors (Lipinski definition) is 1. The molecule has 2 rings (SSSR count). The van der Waals surface area contributed by atoms with E-state index in [1.165, 1.54) is 17.7 Å². The number of nitrogens with one attached hydrogen (secondary N) is 1. The molecule has 1 fully saturated rings. The van der Waals surface area contributed by atoms with Gasteiger partial charge >= 0.3 is 0 Å². The third-order valence-corrected chi connectivity index (χ3v) is 3.56. The van der Waals surface area contributed by atoms with E-state index in [0.29, 0.717) is 12.0 Å². The maximum atomic E-state index is 12.9. The second kappa shape index (κ2) is 6.86. The Balaban J connectivity index is 1.97. The fraction of sp³-hybridized carbons (Fsp3) is 0.600. The summed E-state index contributed by atoms with van der Waals surface area (Å²) in [6.07, 6.45) is 3.21. The summed E-state index contributed by atoms with van der Waals surface area (Å²) in [6.45, 7) is 4.93. The van der Waals surface area contributed by atoms with Gasteiger partial charge in [-0.2, -0.15) is 0 Å². The second-order valence-corrected chi connectivity index (χ2v) is 5.01. The van der Waals surface area contributed by atoms with E-state index in [9.17, 15) is 4.39 Å². The fourth-order valence-corrected chi connectivity index (χ4v) is 2.48. The van der Waals surface area contributed by atoms with Crippen molar-refractivity contribution in [2.24, 2.45) is 5.92 Å². The van der Waals surface area contributed by atoms with Gasteiger partial charge in [0, 0.05) is 18.6 Å². The first-order chi connectivity index (χ1) is 8.79. The summed E-state index contributed by atoms with van der Waals surface area (Å²) in [4.78, 5) is 0. The third-order valence-electron chi connectivity index (χ3n) is 3.56. The number of ether oxygens (including phenoxy) is 1. The Morgan fingerprint density at radius 3 is 2.78 bits per heavy atom. The molecule has 1 N–H and O–H groups in total. The first kappa shape index (κ1) is 13.5. The van der Waals surface area contributed by atoms with Crippen molar-refractivity contribution < 1.29 is 9.13 Å². The molecule has 2 atom stereocenters. The number of benzene rings is 1. The van der Waals surface area contributed by atoms with E-state index in [0.717, 1.165) is 39.0 Å². The Hall–Kier alpha value is -0.930. The molecule has 0 aliphatic carbocycles. The smallest absolute Gasteiger partial charge is 0.123 e. The molecule has 1 aliphatic heterocycles. The predicted molar refractivity (Wildman–Crippen MR) is 71.1 cm³/mol. The van der Waals surface area contributed by atoms with Gasteiger partial charge in [0.2, 0.25) is 0 Å². The Kier molecular flexibility index (Phi) is 5.14. The summed E-state index contributed by atoms with van der Waals surface area (Å²) in [7, 11) is 0. The summed E-state index contributed by atoms with van der Waals surface area (Å²) in [5.74, 6) is 0.419. The topological polar surface area (TPSA) is 21.3 Å². The predicted octanol–water partition coefficient (Wildman–Crippen LogP) is 2.77. The molecule has 1 heterocycles. The average Bonchev–Trinajstić information content (AvgIpc) is 2.90. The molecule has 2 nitrogen and oxygen atoms in total. The second-order valence-electron chi connectivity index (χ2n) is 5.01. The molecule has 1 aromatic carbocycles. The number of hydrogen-bond acceptors (Lipinski definition) is 2. The van der Waals surface area contributed by atoms with Crippen LogP contribution in [0.25, 0.3) is 0 Å². The minimum absolute atomic E-state index is 0.166. The van der Waals surface area contributed by atoms with Gasteiger partial charge in [-0.15, -0.1) is 0 Å². The lowest BCUT2D eigenvalue weighted by Crippen LogP contribution is -2.38. The zero-order valence-electron chi connectivity index (χ0n) is 11.0. The molecule has 0 amide bonds. The highest BCUT2D eigenvalue weighted by molar-refractivity contribution is 5.17. The maximum absolute atomic E-state index is 12.9. The summed E-state index contributed by atoms with van der Waals surface area (Å²) in [5, 5.41) is 3.60. The molecule has 3 heteroatoms. The lowest BCUT2D eigenvalue weighted by molar-refractivity contribution is 0.176. The number of halogens is 1. The zero-order valence-corrected chi connectivity index (χ0v) is 11.0. The van der Waals surface area contributed by atoms with Gasteiger partial charge in [-0.25, -0.2) is 4.39 Å². The molecule has 1 saturated heterocycles. The van der Waals surface area contributed by atoms with Gasteiger partial charge in [0.05, 0.1) is 6.61 Å². The van der Waals surface area contributed by atoms with Crippen molar-refractivity contribution in [3.05, 3.63) is 35.6 Å². The van der Waals surface area contributed by atoms with E-state index in [1.807, 2.05) is 12.1 Å². The van der Waals surface area contributed by atoms with Crippen molar-refractivity contribution in [1.29, 1.82) is 0 Å². The highest BCUT2D eigenvalue weighted by atomic mass is 19.1. The van der Waals surface area contributed by atoms with Crippen LogP contribution < -0.4 is 5.32 Å². The Bertz CT molecular complexity index is 346. The van der Waals surface area contributed by atoms with Crippen molar-refractivity contribution in [2.75, 3.05) is 19.8 Å². The molecular weight excluding hydrogens is 229 g/mol. The van der Waals surface area contributed by atoms with Crippen molar-refractivity contribution in [3.8, 4) is 0 Å². The van der Waals surface area contributed by atoms with Crippen LogP contribution in [0.1, 0.15) is 25.3 Å². The standard InChI is InChI=1S/C15H22FNO/c1-2-8-17-15(13-7-9-18-11-13)10-12-3-5-14(16)6-4-12/h3-6,13,15,17H,2,7-11H2,1H3. The monoisotopic (exact) mass is 251 g/mol. The molecule has 1 aromatic rings. The zero-order chi connectivity index (χ0) is 12.8. The van der Waals surface area contributed by atoms with E-state index in [1.54, 1.807) is 0 Å². The van der Waals surface area contributed by atoms with Gasteiger partial charge in [-0.05, 0) is 43.5 Å². The molecule has 1 aliphatic rings. The van der Waals surface area contributed by atoms with Gasteiger partial charge in [-0.3, -0.25) is 0 Å². The van der Waals surface area contributed by atoms with E-state index < -0.39 is 0 Å². The molecule has 100 valence electrons. The molecular formula is C15H22FNO. The average molecular weight is 251 g/mol. The highest BCUT2D eigenvalue weighted by Gasteiger charge is 2.25. The molecule has 0 bridgehead atoms. The molecule has 0 aromatic heterocycles. The Labute approximate surface area is 109 Å². The Morgan fingerprint density at radius 2 is 2.17 bits per heavy atom. The van der Waals surface area contributed by atoms with Crippen LogP contribution in [0.15, 0.2) is 24.3 Å². The first-order valence-corrected chi connectivity index (χ1v) is 6.85. The van der Waals surface area contributed by atoms with Crippen molar-refractivity contribution in [3.63, 3.8) is 0 Å². The van der Waals surface area contributed by atoms with Crippen LogP contribution in [0.3, 0.4) is 0 Å². The van der Waals surface area contributed by atoms with Crippen LogP contribution in [-0.2, 0) is 11.2 Å². The summed E-state index contributed by atoms with van der Waals surface area (Å²) in [5.41, 5.74) is 1.19. The van der Waals surface area contributed by atoms with E-state index >= 15 is 0 Å². The molecule has 0 radical (unpaired) electrons. The summed E-state index contributed by atoms with van der Waals surface area (Å²) >= 11 is 0. The maximum Gasteiger partial charge on any atom is 0.123 e. The van der Waals surface area contributed by atoms with E-state index in [2.05, 4.69) is 12.2 Å². The largest absolute Gasteiger partial charge is 0.381 e.